The number of nitrogens with zero attached hydrogens (tertiary/aromatic N) is 1. The minimum absolute atomic E-state index is 0.0218. The molecule has 0 spiro atoms. The van der Waals surface area contributed by atoms with Gasteiger partial charge in [0.15, 0.2) is 5.11 Å². The molecular weight excluding hydrogens is 324 g/mol. The Morgan fingerprint density at radius 3 is 2.46 bits per heavy atom. The Morgan fingerprint density at radius 1 is 1.17 bits per heavy atom. The summed E-state index contributed by atoms with van der Waals surface area (Å²) in [6.45, 7) is 4.19. The fourth-order valence-corrected chi connectivity index (χ4v) is 2.70. The van der Waals surface area contributed by atoms with E-state index in [1.54, 1.807) is 12.1 Å². The predicted octanol–water partition coefficient (Wildman–Crippen LogP) is 3.23. The highest BCUT2D eigenvalue weighted by atomic mass is 32.1. The summed E-state index contributed by atoms with van der Waals surface area (Å²) in [7, 11) is 0. The van der Waals surface area contributed by atoms with E-state index in [-0.39, 0.29) is 10.7 Å². The van der Waals surface area contributed by atoms with E-state index < -0.39 is 11.8 Å². The quantitative estimate of drug-likeness (QED) is 0.529. The number of carbonyl (C=O) groups is 2. The molecule has 122 valence electrons. The summed E-state index contributed by atoms with van der Waals surface area (Å²) in [5, 5.41) is 2.61. The lowest BCUT2D eigenvalue weighted by Gasteiger charge is -2.29. The molecule has 1 N–H and O–H groups in total. The van der Waals surface area contributed by atoms with Crippen molar-refractivity contribution in [2.45, 2.75) is 19.8 Å². The van der Waals surface area contributed by atoms with Gasteiger partial charge in [0.25, 0.3) is 11.8 Å². The highest BCUT2D eigenvalue weighted by Gasteiger charge is 2.34. The summed E-state index contributed by atoms with van der Waals surface area (Å²) in [5.74, 6) is -0.192. The van der Waals surface area contributed by atoms with E-state index >= 15 is 0 Å². The van der Waals surface area contributed by atoms with E-state index in [9.17, 15) is 9.59 Å². The van der Waals surface area contributed by atoms with Crippen molar-refractivity contribution in [1.29, 1.82) is 0 Å². The second kappa shape index (κ2) is 6.41. The van der Waals surface area contributed by atoms with E-state index in [1.165, 1.54) is 17.2 Å². The van der Waals surface area contributed by atoms with Gasteiger partial charge in [-0.25, -0.2) is 0 Å². The molecule has 1 saturated heterocycles. The normalized spacial score (nSPS) is 16.9. The molecule has 1 fully saturated rings. The van der Waals surface area contributed by atoms with Crippen molar-refractivity contribution in [2.75, 3.05) is 4.90 Å². The molecule has 0 atom stereocenters. The van der Waals surface area contributed by atoms with Crippen molar-refractivity contribution in [3.05, 3.63) is 59.6 Å². The van der Waals surface area contributed by atoms with Crippen LogP contribution < -0.4 is 10.2 Å². The molecule has 1 aromatic heterocycles. The summed E-state index contributed by atoms with van der Waals surface area (Å²) in [6, 6.07) is 10.9. The predicted molar refractivity (Wildman–Crippen MR) is 95.4 cm³/mol. The molecule has 0 unspecified atom stereocenters. The molecule has 3 rings (SSSR count). The van der Waals surface area contributed by atoms with Gasteiger partial charge in [-0.2, -0.15) is 0 Å². The second-order valence-corrected chi connectivity index (χ2v) is 6.11. The van der Waals surface area contributed by atoms with E-state index in [0.717, 1.165) is 5.56 Å². The first-order valence-electron chi connectivity index (χ1n) is 7.52. The largest absolute Gasteiger partial charge is 0.465 e. The summed E-state index contributed by atoms with van der Waals surface area (Å²) in [6.07, 6.45) is 2.89. The Bertz CT molecular complexity index is 820. The van der Waals surface area contributed by atoms with Gasteiger partial charge in [0.05, 0.1) is 12.0 Å². The summed E-state index contributed by atoms with van der Waals surface area (Å²) < 4.78 is 5.18. The summed E-state index contributed by atoms with van der Waals surface area (Å²) in [4.78, 5) is 26.2. The highest BCUT2D eigenvalue weighted by Crippen LogP contribution is 2.24. The van der Waals surface area contributed by atoms with Gasteiger partial charge in [0.1, 0.15) is 11.3 Å². The van der Waals surface area contributed by atoms with Crippen LogP contribution in [0.4, 0.5) is 5.69 Å². The minimum Gasteiger partial charge on any atom is -0.465 e. The summed E-state index contributed by atoms with van der Waals surface area (Å²) in [5.41, 5.74) is 1.75. The van der Waals surface area contributed by atoms with Gasteiger partial charge in [-0.1, -0.05) is 26.0 Å². The van der Waals surface area contributed by atoms with Gasteiger partial charge in [-0.3, -0.25) is 19.8 Å². The van der Waals surface area contributed by atoms with Crippen LogP contribution in [0.3, 0.4) is 0 Å². The zero-order valence-electron chi connectivity index (χ0n) is 13.3. The number of amides is 2. The fraction of sp³-hybridized carbons (Fsp3) is 0.167. The SMILES string of the molecule is CC(C)c1ccc(N2C(=O)C(=Cc3ccco3)C(=O)NC2=S)cc1. The Labute approximate surface area is 144 Å². The topological polar surface area (TPSA) is 62.6 Å². The molecule has 5 nitrogen and oxygen atoms in total. The van der Waals surface area contributed by atoms with Crippen molar-refractivity contribution in [1.82, 2.24) is 5.32 Å². The number of furan rings is 1. The molecule has 0 bridgehead atoms. The van der Waals surface area contributed by atoms with Crippen LogP contribution >= 0.6 is 12.2 Å². The molecule has 2 aromatic rings. The molecule has 2 heterocycles. The lowest BCUT2D eigenvalue weighted by Crippen LogP contribution is -2.54. The molecule has 0 aliphatic carbocycles. The lowest BCUT2D eigenvalue weighted by molar-refractivity contribution is -0.122. The van der Waals surface area contributed by atoms with Crippen LogP contribution in [-0.2, 0) is 9.59 Å². The van der Waals surface area contributed by atoms with Gasteiger partial charge in [0.2, 0.25) is 0 Å². The fourth-order valence-electron chi connectivity index (χ4n) is 2.42. The van der Waals surface area contributed by atoms with Crippen LogP contribution in [0.1, 0.15) is 31.1 Å². The monoisotopic (exact) mass is 340 g/mol. The van der Waals surface area contributed by atoms with Crippen LogP contribution in [0, 0.1) is 0 Å². The molecule has 1 aliphatic heterocycles. The Balaban J connectivity index is 1.96. The maximum atomic E-state index is 12.8. The summed E-state index contributed by atoms with van der Waals surface area (Å²) >= 11 is 5.17. The van der Waals surface area contributed by atoms with Crippen molar-refractivity contribution < 1.29 is 14.0 Å². The van der Waals surface area contributed by atoms with Gasteiger partial charge in [-0.05, 0) is 54.0 Å². The number of hydrogen-bond acceptors (Lipinski definition) is 4. The first-order valence-corrected chi connectivity index (χ1v) is 7.93. The Hall–Kier alpha value is -2.73. The smallest absolute Gasteiger partial charge is 0.270 e. The number of hydrogen-bond donors (Lipinski definition) is 1. The number of carbonyl (C=O) groups excluding carboxylic acids is 2. The third-order valence-electron chi connectivity index (χ3n) is 3.75. The average molecular weight is 340 g/mol. The molecular formula is C18H16N2O3S. The zero-order chi connectivity index (χ0) is 17.3. The first-order chi connectivity index (χ1) is 11.5. The standard InChI is InChI=1S/C18H16N2O3S/c1-11(2)12-5-7-13(8-6-12)20-17(22)15(16(21)19-18(20)24)10-14-4-3-9-23-14/h3-11H,1-2H3,(H,19,21,24). The van der Waals surface area contributed by atoms with E-state index in [2.05, 4.69) is 19.2 Å². The van der Waals surface area contributed by atoms with Crippen molar-refractivity contribution in [2.24, 2.45) is 0 Å². The van der Waals surface area contributed by atoms with Gasteiger partial charge in [0, 0.05) is 0 Å². The lowest BCUT2D eigenvalue weighted by atomic mass is 10.0. The van der Waals surface area contributed by atoms with Crippen molar-refractivity contribution in [3.8, 4) is 0 Å². The number of thiocarbonyl (C=S) groups is 1. The second-order valence-electron chi connectivity index (χ2n) is 5.72. The van der Waals surface area contributed by atoms with Crippen molar-refractivity contribution >= 4 is 40.9 Å². The Morgan fingerprint density at radius 2 is 1.88 bits per heavy atom. The van der Waals surface area contributed by atoms with Gasteiger partial charge >= 0.3 is 0 Å². The van der Waals surface area contributed by atoms with Gasteiger partial charge < -0.3 is 4.42 Å². The third kappa shape index (κ3) is 3.00. The van der Waals surface area contributed by atoms with Crippen LogP contribution in [-0.4, -0.2) is 16.9 Å². The first kappa shape index (κ1) is 16.1. The number of rotatable bonds is 3. The highest BCUT2D eigenvalue weighted by molar-refractivity contribution is 7.80. The molecule has 1 aromatic carbocycles. The Kier molecular flexibility index (Phi) is 4.31. The third-order valence-corrected chi connectivity index (χ3v) is 4.03. The maximum absolute atomic E-state index is 12.8. The number of nitrogens with one attached hydrogen (secondary N) is 1. The van der Waals surface area contributed by atoms with Crippen LogP contribution in [0.25, 0.3) is 6.08 Å². The van der Waals surface area contributed by atoms with E-state index in [1.807, 2.05) is 24.3 Å². The zero-order valence-corrected chi connectivity index (χ0v) is 14.1. The molecule has 2 amide bonds. The number of anilines is 1. The maximum Gasteiger partial charge on any atom is 0.270 e. The van der Waals surface area contributed by atoms with Gasteiger partial charge in [-0.15, -0.1) is 0 Å². The molecule has 6 heteroatoms. The molecule has 0 saturated carbocycles. The molecule has 1 aliphatic rings. The van der Waals surface area contributed by atoms with Crippen molar-refractivity contribution in [3.63, 3.8) is 0 Å². The van der Waals surface area contributed by atoms with Crippen LogP contribution in [0.2, 0.25) is 0 Å². The molecule has 0 radical (unpaired) electrons. The minimum atomic E-state index is -0.531. The average Bonchev–Trinajstić information content (AvgIpc) is 3.05. The van der Waals surface area contributed by atoms with E-state index in [4.69, 9.17) is 16.6 Å². The van der Waals surface area contributed by atoms with E-state index in [0.29, 0.717) is 17.4 Å². The molecule has 24 heavy (non-hydrogen) atoms. The van der Waals surface area contributed by atoms with Crippen LogP contribution in [0.5, 0.6) is 0 Å². The van der Waals surface area contributed by atoms with Crippen LogP contribution in [0.15, 0.2) is 52.7 Å². The number of benzene rings is 1.